The number of hydrogen-bond donors (Lipinski definition) is 1. The molecule has 1 N–H and O–H groups in total. The molecule has 4 nitrogen and oxygen atoms in total. The van der Waals surface area contributed by atoms with Crippen LogP contribution in [0.1, 0.15) is 30.0 Å². The zero-order valence-corrected chi connectivity index (χ0v) is 12.6. The Kier molecular flexibility index (Phi) is 6.07. The third kappa shape index (κ3) is 5.09. The van der Waals surface area contributed by atoms with Gasteiger partial charge in [0.25, 0.3) is 0 Å². The number of amides is 1. The molecule has 106 valence electrons. The molecule has 0 saturated carbocycles. The molecule has 0 spiro atoms. The van der Waals surface area contributed by atoms with Gasteiger partial charge in [0.05, 0.1) is 23.1 Å². The van der Waals surface area contributed by atoms with Crippen LogP contribution in [0.2, 0.25) is 0 Å². The first-order valence-corrected chi connectivity index (χ1v) is 8.17. The molecule has 1 aliphatic rings. The van der Waals surface area contributed by atoms with Crippen molar-refractivity contribution in [3.8, 4) is 0 Å². The Morgan fingerprint density at radius 3 is 3.16 bits per heavy atom. The number of aryl methyl sites for hydroxylation is 1. The molecule has 0 aliphatic carbocycles. The first kappa shape index (κ1) is 14.8. The van der Waals surface area contributed by atoms with Gasteiger partial charge in [0.2, 0.25) is 5.91 Å². The van der Waals surface area contributed by atoms with Gasteiger partial charge in [-0.15, -0.1) is 22.9 Å². The quantitative estimate of drug-likeness (QED) is 0.646. The van der Waals surface area contributed by atoms with Gasteiger partial charge in [-0.1, -0.05) is 0 Å². The van der Waals surface area contributed by atoms with E-state index in [0.29, 0.717) is 12.4 Å². The van der Waals surface area contributed by atoms with Gasteiger partial charge in [0.15, 0.2) is 0 Å². The van der Waals surface area contributed by atoms with Crippen LogP contribution in [0.5, 0.6) is 0 Å². The lowest BCUT2D eigenvalue weighted by Gasteiger charge is -2.17. The number of nitrogens with zero attached hydrogens (tertiary/aromatic N) is 2. The summed E-state index contributed by atoms with van der Waals surface area (Å²) in [5.41, 5.74) is 0.978. The van der Waals surface area contributed by atoms with Crippen LogP contribution >= 0.6 is 22.9 Å². The molecule has 0 bridgehead atoms. The SMILES string of the molecule is O=C1CN(CCCCc2nc(CCl)cs2)CCCN1. The Labute approximate surface area is 123 Å². The molecule has 0 radical (unpaired) electrons. The van der Waals surface area contributed by atoms with E-state index in [2.05, 4.69) is 15.2 Å². The number of aromatic nitrogens is 1. The van der Waals surface area contributed by atoms with Crippen LogP contribution in [0.3, 0.4) is 0 Å². The van der Waals surface area contributed by atoms with Gasteiger partial charge in [-0.2, -0.15) is 0 Å². The Balaban J connectivity index is 1.64. The van der Waals surface area contributed by atoms with E-state index in [1.54, 1.807) is 11.3 Å². The van der Waals surface area contributed by atoms with Gasteiger partial charge in [-0.3, -0.25) is 9.69 Å². The fourth-order valence-electron chi connectivity index (χ4n) is 2.20. The maximum absolute atomic E-state index is 11.4. The molecule has 0 atom stereocenters. The van der Waals surface area contributed by atoms with Crippen molar-refractivity contribution in [1.29, 1.82) is 0 Å². The summed E-state index contributed by atoms with van der Waals surface area (Å²) < 4.78 is 0. The summed E-state index contributed by atoms with van der Waals surface area (Å²) in [5, 5.41) is 6.10. The Bertz CT molecular complexity index is 410. The number of carbonyl (C=O) groups excluding carboxylic acids is 1. The molecule has 1 saturated heterocycles. The summed E-state index contributed by atoms with van der Waals surface area (Å²) in [6.45, 7) is 3.39. The van der Waals surface area contributed by atoms with Gasteiger partial charge in [-0.25, -0.2) is 4.98 Å². The normalized spacial score (nSPS) is 17.2. The standard InChI is InChI=1S/C13H20ClN3OS/c14-8-11-10-19-13(16-11)4-1-2-6-17-7-3-5-15-12(18)9-17/h10H,1-9H2,(H,15,18). The van der Waals surface area contributed by atoms with Crippen molar-refractivity contribution in [1.82, 2.24) is 15.2 Å². The summed E-state index contributed by atoms with van der Waals surface area (Å²) in [5.74, 6) is 0.656. The lowest BCUT2D eigenvalue weighted by Crippen LogP contribution is -2.33. The van der Waals surface area contributed by atoms with E-state index in [1.165, 1.54) is 5.01 Å². The minimum Gasteiger partial charge on any atom is -0.355 e. The van der Waals surface area contributed by atoms with Crippen LogP contribution in [-0.4, -0.2) is 42.0 Å². The van der Waals surface area contributed by atoms with E-state index in [-0.39, 0.29) is 5.91 Å². The van der Waals surface area contributed by atoms with Gasteiger partial charge in [-0.05, 0) is 32.2 Å². The van der Waals surface area contributed by atoms with Crippen molar-refractivity contribution < 1.29 is 4.79 Å². The monoisotopic (exact) mass is 301 g/mol. The van der Waals surface area contributed by atoms with Crippen LogP contribution in [0.15, 0.2) is 5.38 Å². The number of rotatable bonds is 6. The maximum Gasteiger partial charge on any atom is 0.234 e. The van der Waals surface area contributed by atoms with Crippen molar-refractivity contribution in [2.75, 3.05) is 26.2 Å². The highest BCUT2D eigenvalue weighted by Crippen LogP contribution is 2.14. The van der Waals surface area contributed by atoms with Gasteiger partial charge < -0.3 is 5.32 Å². The third-order valence-corrected chi connectivity index (χ3v) is 4.42. The molecule has 1 aromatic rings. The van der Waals surface area contributed by atoms with Crippen molar-refractivity contribution in [2.45, 2.75) is 31.6 Å². The van der Waals surface area contributed by atoms with Gasteiger partial charge in [0, 0.05) is 18.5 Å². The number of alkyl halides is 1. The van der Waals surface area contributed by atoms with Crippen molar-refractivity contribution in [3.63, 3.8) is 0 Å². The lowest BCUT2D eigenvalue weighted by molar-refractivity contribution is -0.121. The second-order valence-corrected chi connectivity index (χ2v) is 6.01. The predicted octanol–water partition coefficient (Wildman–Crippen LogP) is 2.03. The second-order valence-electron chi connectivity index (χ2n) is 4.80. The summed E-state index contributed by atoms with van der Waals surface area (Å²) in [7, 11) is 0. The van der Waals surface area contributed by atoms with Crippen molar-refractivity contribution in [2.24, 2.45) is 0 Å². The molecule has 0 unspecified atom stereocenters. The predicted molar refractivity (Wildman–Crippen MR) is 78.7 cm³/mol. The van der Waals surface area contributed by atoms with E-state index >= 15 is 0 Å². The molecule has 2 rings (SSSR count). The Morgan fingerprint density at radius 2 is 2.37 bits per heavy atom. The van der Waals surface area contributed by atoms with Crippen LogP contribution in [0.4, 0.5) is 0 Å². The first-order chi connectivity index (χ1) is 9.28. The number of thiazole rings is 1. The van der Waals surface area contributed by atoms with E-state index in [4.69, 9.17) is 11.6 Å². The molecule has 2 heterocycles. The van der Waals surface area contributed by atoms with Crippen LogP contribution < -0.4 is 5.32 Å². The molecule has 1 aliphatic heterocycles. The average molecular weight is 302 g/mol. The van der Waals surface area contributed by atoms with E-state index < -0.39 is 0 Å². The second kappa shape index (κ2) is 7.82. The minimum atomic E-state index is 0.157. The first-order valence-electron chi connectivity index (χ1n) is 6.76. The highest BCUT2D eigenvalue weighted by Gasteiger charge is 2.13. The van der Waals surface area contributed by atoms with Crippen molar-refractivity contribution >= 4 is 28.8 Å². The molecule has 1 amide bonds. The minimum absolute atomic E-state index is 0.157. The summed E-state index contributed by atoms with van der Waals surface area (Å²) in [6.07, 6.45) is 4.30. The number of halogens is 1. The zero-order valence-electron chi connectivity index (χ0n) is 11.0. The van der Waals surface area contributed by atoms with Gasteiger partial charge in [0.1, 0.15) is 0 Å². The smallest absolute Gasteiger partial charge is 0.234 e. The van der Waals surface area contributed by atoms with Crippen LogP contribution in [0, 0.1) is 0 Å². The average Bonchev–Trinajstić information content (AvgIpc) is 2.77. The Morgan fingerprint density at radius 1 is 1.47 bits per heavy atom. The summed E-state index contributed by atoms with van der Waals surface area (Å²) in [4.78, 5) is 18.1. The molecule has 0 aromatic carbocycles. The number of nitrogens with one attached hydrogen (secondary N) is 1. The molecule has 1 aromatic heterocycles. The largest absolute Gasteiger partial charge is 0.355 e. The van der Waals surface area contributed by atoms with Crippen LogP contribution in [0.25, 0.3) is 0 Å². The third-order valence-electron chi connectivity index (χ3n) is 3.19. The van der Waals surface area contributed by atoms with E-state index in [0.717, 1.165) is 51.0 Å². The van der Waals surface area contributed by atoms with E-state index in [1.807, 2.05) is 5.38 Å². The molecule has 1 fully saturated rings. The van der Waals surface area contributed by atoms with E-state index in [9.17, 15) is 4.79 Å². The number of carbonyl (C=O) groups is 1. The van der Waals surface area contributed by atoms with Crippen molar-refractivity contribution in [3.05, 3.63) is 16.1 Å². The zero-order chi connectivity index (χ0) is 13.5. The summed E-state index contributed by atoms with van der Waals surface area (Å²) >= 11 is 7.42. The molecule has 6 heteroatoms. The highest BCUT2D eigenvalue weighted by molar-refractivity contribution is 7.09. The van der Waals surface area contributed by atoms with Gasteiger partial charge >= 0.3 is 0 Å². The van der Waals surface area contributed by atoms with Crippen LogP contribution in [-0.2, 0) is 17.1 Å². The molecular formula is C13H20ClN3OS. The fourth-order valence-corrected chi connectivity index (χ4v) is 3.26. The lowest BCUT2D eigenvalue weighted by atomic mass is 10.2. The topological polar surface area (TPSA) is 45.2 Å². The highest BCUT2D eigenvalue weighted by atomic mass is 35.5. The Hall–Kier alpha value is -0.650. The maximum atomic E-state index is 11.4. The fraction of sp³-hybridized carbons (Fsp3) is 0.692. The number of unbranched alkanes of at least 4 members (excludes halogenated alkanes) is 1. The number of hydrogen-bond acceptors (Lipinski definition) is 4. The summed E-state index contributed by atoms with van der Waals surface area (Å²) in [6, 6.07) is 0. The molecule has 19 heavy (non-hydrogen) atoms. The molecular weight excluding hydrogens is 282 g/mol.